The minimum Gasteiger partial charge on any atom is -0.369 e. The Labute approximate surface area is 168 Å². The first-order valence-corrected chi connectivity index (χ1v) is 10.6. The van der Waals surface area contributed by atoms with Crippen molar-refractivity contribution in [3.63, 3.8) is 0 Å². The van der Waals surface area contributed by atoms with Gasteiger partial charge in [-0.1, -0.05) is 18.2 Å². The fourth-order valence-electron chi connectivity index (χ4n) is 4.69. The molecule has 2 aromatic rings. The van der Waals surface area contributed by atoms with Crippen molar-refractivity contribution in [2.45, 2.75) is 26.2 Å². The number of aromatic nitrogens is 1. The van der Waals surface area contributed by atoms with Crippen molar-refractivity contribution in [2.24, 2.45) is 7.05 Å². The van der Waals surface area contributed by atoms with E-state index in [4.69, 9.17) is 0 Å². The highest BCUT2D eigenvalue weighted by Crippen LogP contribution is 2.23. The van der Waals surface area contributed by atoms with Crippen LogP contribution >= 0.6 is 0 Å². The van der Waals surface area contributed by atoms with Crippen molar-refractivity contribution < 1.29 is 4.79 Å². The number of hydrogen-bond donors (Lipinski definition) is 0. The van der Waals surface area contributed by atoms with Crippen LogP contribution in [0.5, 0.6) is 0 Å². The Morgan fingerprint density at radius 3 is 2.46 bits per heavy atom. The predicted molar refractivity (Wildman–Crippen MR) is 114 cm³/mol. The van der Waals surface area contributed by atoms with Gasteiger partial charge in [-0.05, 0) is 50.4 Å². The highest BCUT2D eigenvalue weighted by molar-refractivity contribution is 5.97. The number of para-hydroxylation sites is 1. The van der Waals surface area contributed by atoms with Gasteiger partial charge >= 0.3 is 0 Å². The summed E-state index contributed by atoms with van der Waals surface area (Å²) in [4.78, 5) is 20.1. The highest BCUT2D eigenvalue weighted by Gasteiger charge is 2.26. The first-order valence-electron chi connectivity index (χ1n) is 10.6. The van der Waals surface area contributed by atoms with Crippen LogP contribution in [0.1, 0.15) is 34.5 Å². The maximum atomic E-state index is 13.0. The molecule has 4 rings (SSSR count). The van der Waals surface area contributed by atoms with Gasteiger partial charge in [-0.2, -0.15) is 0 Å². The van der Waals surface area contributed by atoms with Gasteiger partial charge in [0.1, 0.15) is 0 Å². The van der Waals surface area contributed by atoms with Crippen molar-refractivity contribution in [3.05, 3.63) is 53.3 Å². The molecule has 1 saturated heterocycles. The maximum absolute atomic E-state index is 13.0. The van der Waals surface area contributed by atoms with E-state index in [9.17, 15) is 4.79 Å². The normalized spacial score (nSPS) is 18.3. The van der Waals surface area contributed by atoms with E-state index in [1.807, 2.05) is 0 Å². The molecule has 150 valence electrons. The molecule has 1 amide bonds. The summed E-state index contributed by atoms with van der Waals surface area (Å²) in [5, 5.41) is 0. The molecule has 0 aliphatic carbocycles. The molecule has 3 heterocycles. The molecule has 0 unspecified atom stereocenters. The summed E-state index contributed by atoms with van der Waals surface area (Å²) in [6.07, 6.45) is 5.21. The van der Waals surface area contributed by atoms with Crippen molar-refractivity contribution >= 4 is 11.6 Å². The number of aryl methyl sites for hydroxylation is 2. The predicted octanol–water partition coefficient (Wildman–Crippen LogP) is 2.93. The Morgan fingerprint density at radius 2 is 1.71 bits per heavy atom. The smallest absolute Gasteiger partial charge is 0.255 e. The number of anilines is 1. The molecule has 0 radical (unpaired) electrons. The lowest BCUT2D eigenvalue weighted by Gasteiger charge is -2.36. The lowest BCUT2D eigenvalue weighted by Crippen LogP contribution is -2.47. The molecule has 28 heavy (non-hydrogen) atoms. The van der Waals surface area contributed by atoms with E-state index in [2.05, 4.69) is 69.8 Å². The number of benzene rings is 1. The number of amides is 1. The fraction of sp³-hybridized carbons (Fsp3) is 0.522. The summed E-state index contributed by atoms with van der Waals surface area (Å²) < 4.78 is 2.14. The Balaban J connectivity index is 1.27. The van der Waals surface area contributed by atoms with Gasteiger partial charge in [-0.3, -0.25) is 9.69 Å². The molecular formula is C23H32N4O. The third-order valence-electron chi connectivity index (χ3n) is 6.23. The Kier molecular flexibility index (Phi) is 5.72. The summed E-state index contributed by atoms with van der Waals surface area (Å²) in [5.41, 5.74) is 4.61. The Bertz CT molecular complexity index is 806. The molecule has 1 aromatic heterocycles. The number of fused-ring (bicyclic) bond motifs is 1. The van der Waals surface area contributed by atoms with Gasteiger partial charge in [0, 0.05) is 63.9 Å². The molecule has 5 heteroatoms. The molecule has 0 N–H and O–H groups in total. The van der Waals surface area contributed by atoms with Gasteiger partial charge in [0.15, 0.2) is 0 Å². The second-order valence-corrected chi connectivity index (χ2v) is 8.16. The van der Waals surface area contributed by atoms with E-state index in [-0.39, 0.29) is 5.91 Å². The zero-order chi connectivity index (χ0) is 19.5. The first kappa shape index (κ1) is 19.1. The summed E-state index contributed by atoms with van der Waals surface area (Å²) in [6, 6.07) is 10.7. The van der Waals surface area contributed by atoms with Crippen LogP contribution in [-0.4, -0.2) is 66.1 Å². The molecule has 0 spiro atoms. The second kappa shape index (κ2) is 8.39. The Hall–Kier alpha value is -2.27. The van der Waals surface area contributed by atoms with Crippen LogP contribution in [0.3, 0.4) is 0 Å². The van der Waals surface area contributed by atoms with Gasteiger partial charge < -0.3 is 14.4 Å². The summed E-state index contributed by atoms with van der Waals surface area (Å²) >= 11 is 0. The van der Waals surface area contributed by atoms with Gasteiger partial charge in [0.05, 0.1) is 5.56 Å². The number of hydrogen-bond acceptors (Lipinski definition) is 3. The van der Waals surface area contributed by atoms with E-state index in [1.165, 1.54) is 11.4 Å². The van der Waals surface area contributed by atoms with Gasteiger partial charge in [0.25, 0.3) is 5.91 Å². The summed E-state index contributed by atoms with van der Waals surface area (Å²) in [7, 11) is 2.06. The Morgan fingerprint density at radius 1 is 0.964 bits per heavy atom. The first-order chi connectivity index (χ1) is 13.6. The van der Waals surface area contributed by atoms with Crippen LogP contribution in [0.4, 0.5) is 5.69 Å². The molecule has 1 aromatic carbocycles. The number of nitrogens with zero attached hydrogens (tertiary/aromatic N) is 4. The van der Waals surface area contributed by atoms with Crippen molar-refractivity contribution in [1.82, 2.24) is 14.4 Å². The SMILES string of the molecule is Cc1cn(C)c2c1C(=O)N(CCCN1CCN(c3ccccc3)CC1)CCC2. The quantitative estimate of drug-likeness (QED) is 0.799. The van der Waals surface area contributed by atoms with Crippen LogP contribution in [-0.2, 0) is 13.5 Å². The van der Waals surface area contributed by atoms with Gasteiger partial charge in [-0.25, -0.2) is 0 Å². The minimum atomic E-state index is 0.236. The van der Waals surface area contributed by atoms with Crippen LogP contribution in [0, 0.1) is 6.92 Å². The number of rotatable bonds is 5. The molecule has 0 bridgehead atoms. The highest BCUT2D eigenvalue weighted by atomic mass is 16.2. The van der Waals surface area contributed by atoms with Gasteiger partial charge in [-0.15, -0.1) is 0 Å². The zero-order valence-electron chi connectivity index (χ0n) is 17.2. The summed E-state index contributed by atoms with van der Waals surface area (Å²) in [6.45, 7) is 9.26. The average molecular weight is 381 g/mol. The fourth-order valence-corrected chi connectivity index (χ4v) is 4.69. The van der Waals surface area contributed by atoms with E-state index in [0.717, 1.165) is 76.2 Å². The van der Waals surface area contributed by atoms with Crippen LogP contribution in [0.2, 0.25) is 0 Å². The third kappa shape index (κ3) is 3.95. The van der Waals surface area contributed by atoms with Crippen molar-refractivity contribution in [1.29, 1.82) is 0 Å². The summed E-state index contributed by atoms with van der Waals surface area (Å²) in [5.74, 6) is 0.236. The number of piperazine rings is 1. The van der Waals surface area contributed by atoms with E-state index in [1.54, 1.807) is 0 Å². The van der Waals surface area contributed by atoms with Crippen LogP contribution in [0.15, 0.2) is 36.5 Å². The largest absolute Gasteiger partial charge is 0.369 e. The lowest BCUT2D eigenvalue weighted by molar-refractivity contribution is 0.0752. The zero-order valence-corrected chi connectivity index (χ0v) is 17.2. The molecule has 5 nitrogen and oxygen atoms in total. The van der Waals surface area contributed by atoms with Crippen molar-refractivity contribution in [3.8, 4) is 0 Å². The van der Waals surface area contributed by atoms with Crippen LogP contribution < -0.4 is 4.90 Å². The van der Waals surface area contributed by atoms with E-state index >= 15 is 0 Å². The number of carbonyl (C=O) groups is 1. The van der Waals surface area contributed by atoms with E-state index < -0.39 is 0 Å². The average Bonchev–Trinajstić information content (AvgIpc) is 2.89. The molecule has 0 atom stereocenters. The van der Waals surface area contributed by atoms with E-state index in [0.29, 0.717) is 0 Å². The monoisotopic (exact) mass is 380 g/mol. The number of carbonyl (C=O) groups excluding carboxylic acids is 1. The molecule has 1 fully saturated rings. The van der Waals surface area contributed by atoms with Gasteiger partial charge in [0.2, 0.25) is 0 Å². The lowest BCUT2D eigenvalue weighted by atomic mass is 10.1. The molecule has 2 aliphatic heterocycles. The standard InChI is InChI=1S/C23H32N4O/c1-19-18-24(2)21-10-6-12-27(23(28)22(19)21)13-7-11-25-14-16-26(17-15-25)20-8-4-3-5-9-20/h3-5,8-9,18H,6-7,10-17H2,1-2H3. The topological polar surface area (TPSA) is 31.7 Å². The van der Waals surface area contributed by atoms with Crippen molar-refractivity contribution in [2.75, 3.05) is 50.7 Å². The third-order valence-corrected chi connectivity index (χ3v) is 6.23. The second-order valence-electron chi connectivity index (χ2n) is 8.16. The molecular weight excluding hydrogens is 348 g/mol. The van der Waals surface area contributed by atoms with Crippen LogP contribution in [0.25, 0.3) is 0 Å². The molecule has 2 aliphatic rings. The molecule has 0 saturated carbocycles. The maximum Gasteiger partial charge on any atom is 0.255 e. The minimum absolute atomic E-state index is 0.236.